The Kier molecular flexibility index (Phi) is 4.19. The molecule has 0 bridgehead atoms. The molecule has 3 rings (SSSR count). The van der Waals surface area contributed by atoms with Gasteiger partial charge in [-0.3, -0.25) is 0 Å². The first-order valence-corrected chi connectivity index (χ1v) is 8.05. The maximum Gasteiger partial charge on any atom is 0.140 e. The van der Waals surface area contributed by atoms with Crippen LogP contribution in [0.1, 0.15) is 35.9 Å². The molecule has 0 radical (unpaired) electrons. The predicted octanol–water partition coefficient (Wildman–Crippen LogP) is 5.66. The Morgan fingerprint density at radius 1 is 1.24 bits per heavy atom. The van der Waals surface area contributed by atoms with Gasteiger partial charge in [-0.2, -0.15) is 5.26 Å². The Morgan fingerprint density at radius 2 is 2.05 bits per heavy atom. The van der Waals surface area contributed by atoms with E-state index in [-0.39, 0.29) is 6.04 Å². The lowest BCUT2D eigenvalue weighted by Gasteiger charge is -2.15. The number of halogens is 2. The van der Waals surface area contributed by atoms with Gasteiger partial charge in [-0.1, -0.05) is 35.9 Å². The summed E-state index contributed by atoms with van der Waals surface area (Å²) in [6.45, 7) is 0. The van der Waals surface area contributed by atoms with Gasteiger partial charge >= 0.3 is 0 Å². The minimum absolute atomic E-state index is 0.364. The van der Waals surface area contributed by atoms with Gasteiger partial charge < -0.3 is 5.32 Å². The van der Waals surface area contributed by atoms with E-state index in [0.717, 1.165) is 15.7 Å². The zero-order valence-corrected chi connectivity index (χ0v) is 13.7. The summed E-state index contributed by atoms with van der Waals surface area (Å²) >= 11 is 9.39. The van der Waals surface area contributed by atoms with Gasteiger partial charge in [0.1, 0.15) is 6.04 Å². The molecule has 0 spiro atoms. The molecule has 1 aliphatic carbocycles. The topological polar surface area (TPSA) is 35.8 Å². The summed E-state index contributed by atoms with van der Waals surface area (Å²) in [5.41, 5.74) is 3.22. The van der Waals surface area contributed by atoms with Crippen LogP contribution < -0.4 is 5.32 Å². The third kappa shape index (κ3) is 3.40. The summed E-state index contributed by atoms with van der Waals surface area (Å²) in [4.78, 5) is 0. The van der Waals surface area contributed by atoms with Crippen molar-refractivity contribution in [2.24, 2.45) is 0 Å². The van der Waals surface area contributed by atoms with Crippen LogP contribution in [0.3, 0.4) is 0 Å². The molecule has 0 saturated heterocycles. The summed E-state index contributed by atoms with van der Waals surface area (Å²) in [6, 6.07) is 15.9. The first kappa shape index (κ1) is 14.4. The fourth-order valence-electron chi connectivity index (χ4n) is 2.35. The van der Waals surface area contributed by atoms with Crippen molar-refractivity contribution >= 4 is 33.2 Å². The number of benzene rings is 2. The van der Waals surface area contributed by atoms with E-state index in [1.807, 2.05) is 30.3 Å². The van der Waals surface area contributed by atoms with Crippen molar-refractivity contribution < 1.29 is 0 Å². The number of nitrogens with zero attached hydrogens (tertiary/aromatic N) is 1. The lowest BCUT2D eigenvalue weighted by molar-refractivity contribution is 0.984. The molecule has 0 aliphatic heterocycles. The molecule has 0 heterocycles. The van der Waals surface area contributed by atoms with E-state index in [9.17, 15) is 5.26 Å². The Hall–Kier alpha value is -1.50. The summed E-state index contributed by atoms with van der Waals surface area (Å²) < 4.78 is 0.817. The van der Waals surface area contributed by atoms with E-state index < -0.39 is 0 Å². The fourth-order valence-corrected chi connectivity index (χ4v) is 2.85. The van der Waals surface area contributed by atoms with Crippen LogP contribution >= 0.6 is 27.5 Å². The molecule has 2 aromatic carbocycles. The second kappa shape index (κ2) is 6.09. The monoisotopic (exact) mass is 360 g/mol. The van der Waals surface area contributed by atoms with Crippen LogP contribution in [0.25, 0.3) is 0 Å². The molecule has 0 amide bonds. The van der Waals surface area contributed by atoms with E-state index >= 15 is 0 Å². The highest BCUT2D eigenvalue weighted by atomic mass is 79.9. The number of rotatable bonds is 4. The van der Waals surface area contributed by atoms with Crippen LogP contribution in [0.15, 0.2) is 46.9 Å². The predicted molar refractivity (Wildman–Crippen MR) is 89.5 cm³/mol. The SMILES string of the molecule is N#CC(Nc1ccc(Cl)c(Br)c1)c1cccc(C2CC2)c1. The third-order valence-corrected chi connectivity index (χ3v) is 4.87. The first-order valence-electron chi connectivity index (χ1n) is 6.88. The minimum atomic E-state index is -0.364. The van der Waals surface area contributed by atoms with Crippen molar-refractivity contribution in [1.29, 1.82) is 5.26 Å². The molecule has 2 nitrogen and oxygen atoms in total. The third-order valence-electron chi connectivity index (χ3n) is 3.65. The molecular weight excluding hydrogens is 348 g/mol. The van der Waals surface area contributed by atoms with Crippen molar-refractivity contribution in [3.8, 4) is 6.07 Å². The average Bonchev–Trinajstić information content (AvgIpc) is 3.33. The Balaban J connectivity index is 1.83. The highest BCUT2D eigenvalue weighted by Gasteiger charge is 2.24. The van der Waals surface area contributed by atoms with Gasteiger partial charge in [0.15, 0.2) is 0 Å². The second-order valence-corrected chi connectivity index (χ2v) is 6.54. The molecule has 1 N–H and O–H groups in total. The van der Waals surface area contributed by atoms with Gasteiger partial charge in [0.2, 0.25) is 0 Å². The largest absolute Gasteiger partial charge is 0.366 e. The maximum absolute atomic E-state index is 9.46. The van der Waals surface area contributed by atoms with Gasteiger partial charge in [0.25, 0.3) is 0 Å². The van der Waals surface area contributed by atoms with Gasteiger partial charge in [-0.05, 0) is 64.0 Å². The second-order valence-electron chi connectivity index (χ2n) is 5.28. The molecule has 1 atom stereocenters. The summed E-state index contributed by atoms with van der Waals surface area (Å²) in [6.07, 6.45) is 2.52. The van der Waals surface area contributed by atoms with Crippen molar-refractivity contribution in [3.63, 3.8) is 0 Å². The van der Waals surface area contributed by atoms with Crippen molar-refractivity contribution in [2.75, 3.05) is 5.32 Å². The van der Waals surface area contributed by atoms with E-state index in [1.54, 1.807) is 0 Å². The lowest BCUT2D eigenvalue weighted by atomic mass is 10.0. The Morgan fingerprint density at radius 3 is 2.71 bits per heavy atom. The molecule has 1 aliphatic rings. The van der Waals surface area contributed by atoms with E-state index in [2.05, 4.69) is 39.4 Å². The van der Waals surface area contributed by atoms with Crippen LogP contribution in [0.4, 0.5) is 5.69 Å². The van der Waals surface area contributed by atoms with E-state index in [4.69, 9.17) is 11.6 Å². The maximum atomic E-state index is 9.46. The Bertz CT molecular complexity index is 704. The standard InChI is InChI=1S/C17H14BrClN2/c18-15-9-14(6-7-16(15)19)21-17(10-20)13-3-1-2-12(8-13)11-4-5-11/h1-3,6-9,11,17,21H,4-5H2. The summed E-state index contributed by atoms with van der Waals surface area (Å²) in [5, 5.41) is 13.4. The van der Waals surface area contributed by atoms with Crippen LogP contribution in [-0.2, 0) is 0 Å². The summed E-state index contributed by atoms with van der Waals surface area (Å²) in [7, 11) is 0. The van der Waals surface area contributed by atoms with Crippen LogP contribution in [0, 0.1) is 11.3 Å². The minimum Gasteiger partial charge on any atom is -0.366 e. The van der Waals surface area contributed by atoms with E-state index in [1.165, 1.54) is 18.4 Å². The molecular formula is C17H14BrClN2. The zero-order valence-electron chi connectivity index (χ0n) is 11.3. The molecule has 1 fully saturated rings. The molecule has 0 aromatic heterocycles. The fraction of sp³-hybridized carbons (Fsp3) is 0.235. The van der Waals surface area contributed by atoms with Crippen LogP contribution in [0.5, 0.6) is 0 Å². The lowest BCUT2D eigenvalue weighted by Crippen LogP contribution is -2.08. The van der Waals surface area contributed by atoms with Crippen LogP contribution in [-0.4, -0.2) is 0 Å². The van der Waals surface area contributed by atoms with Crippen molar-refractivity contribution in [2.45, 2.75) is 24.8 Å². The Labute approximate surface area is 137 Å². The van der Waals surface area contributed by atoms with Gasteiger partial charge in [0, 0.05) is 10.2 Å². The van der Waals surface area contributed by atoms with Gasteiger partial charge in [-0.15, -0.1) is 0 Å². The van der Waals surface area contributed by atoms with Crippen LogP contribution in [0.2, 0.25) is 5.02 Å². The number of hydrogen-bond donors (Lipinski definition) is 1. The zero-order chi connectivity index (χ0) is 14.8. The average molecular weight is 362 g/mol. The summed E-state index contributed by atoms with van der Waals surface area (Å²) in [5.74, 6) is 0.689. The molecule has 2 aromatic rings. The van der Waals surface area contributed by atoms with Crippen molar-refractivity contribution in [1.82, 2.24) is 0 Å². The number of anilines is 1. The quantitative estimate of drug-likeness (QED) is 0.763. The number of hydrogen-bond acceptors (Lipinski definition) is 2. The molecule has 4 heteroatoms. The molecule has 21 heavy (non-hydrogen) atoms. The molecule has 106 valence electrons. The van der Waals surface area contributed by atoms with E-state index in [0.29, 0.717) is 10.9 Å². The van der Waals surface area contributed by atoms with Gasteiger partial charge in [-0.25, -0.2) is 0 Å². The highest BCUT2D eigenvalue weighted by molar-refractivity contribution is 9.10. The number of nitrogens with one attached hydrogen (secondary N) is 1. The highest BCUT2D eigenvalue weighted by Crippen LogP contribution is 2.40. The first-order chi connectivity index (χ1) is 10.2. The smallest absolute Gasteiger partial charge is 0.140 e. The number of nitriles is 1. The van der Waals surface area contributed by atoms with Gasteiger partial charge in [0.05, 0.1) is 11.1 Å². The molecule has 1 unspecified atom stereocenters. The normalized spacial score (nSPS) is 15.3. The van der Waals surface area contributed by atoms with Crippen molar-refractivity contribution in [3.05, 3.63) is 63.1 Å². The molecule has 1 saturated carbocycles.